The van der Waals surface area contributed by atoms with Crippen molar-refractivity contribution in [3.05, 3.63) is 95.9 Å². The molecule has 3 nitrogen and oxygen atoms in total. The summed E-state index contributed by atoms with van der Waals surface area (Å²) in [5.74, 6) is 0.429. The van der Waals surface area contributed by atoms with E-state index in [1.54, 1.807) is 26.2 Å². The highest BCUT2D eigenvalue weighted by Crippen LogP contribution is 2.33. The van der Waals surface area contributed by atoms with Crippen molar-refractivity contribution in [3.63, 3.8) is 0 Å². The smallest absolute Gasteiger partial charge is 0.0847 e. The minimum atomic E-state index is -0.995. The molecule has 0 atom stereocenters. The van der Waals surface area contributed by atoms with Gasteiger partial charge in [0.05, 0.1) is 11.1 Å². The van der Waals surface area contributed by atoms with Gasteiger partial charge in [-0.2, -0.15) is 0 Å². The summed E-state index contributed by atoms with van der Waals surface area (Å²) in [5, 5.41) is 12.0. The van der Waals surface area contributed by atoms with Crippen LogP contribution in [0.3, 0.4) is 0 Å². The van der Waals surface area contributed by atoms with E-state index in [-0.39, 0.29) is 0 Å². The van der Waals surface area contributed by atoms with Crippen molar-refractivity contribution in [3.8, 4) is 11.1 Å². The molecule has 0 aliphatic rings. The van der Waals surface area contributed by atoms with E-state index in [4.69, 9.17) is 0 Å². The molecule has 0 unspecified atom stereocenters. The maximum Gasteiger partial charge on any atom is 0.0847 e. The first-order valence-electron chi connectivity index (χ1n) is 10.7. The van der Waals surface area contributed by atoms with Crippen molar-refractivity contribution < 1.29 is 5.11 Å². The molecule has 0 spiro atoms. The first-order chi connectivity index (χ1) is 14.8. The fourth-order valence-corrected chi connectivity index (χ4v) is 3.87. The van der Waals surface area contributed by atoms with Crippen LogP contribution in [0.1, 0.15) is 50.3 Å². The third-order valence-corrected chi connectivity index (χ3v) is 5.53. The summed E-state index contributed by atoms with van der Waals surface area (Å²) < 4.78 is 0. The summed E-state index contributed by atoms with van der Waals surface area (Å²) in [7, 11) is 0. The summed E-state index contributed by atoms with van der Waals surface area (Å²) >= 11 is 0. The van der Waals surface area contributed by atoms with Crippen LogP contribution < -0.4 is 0 Å². The van der Waals surface area contributed by atoms with Crippen LogP contribution in [-0.2, 0) is 0 Å². The number of aromatic nitrogens is 2. The summed E-state index contributed by atoms with van der Waals surface area (Å²) in [5.41, 5.74) is 6.31. The van der Waals surface area contributed by atoms with Crippen LogP contribution in [0.25, 0.3) is 33.7 Å². The molecule has 0 amide bonds. The van der Waals surface area contributed by atoms with Crippen LogP contribution in [0.5, 0.6) is 0 Å². The molecule has 0 radical (unpaired) electrons. The Bertz CT molecular complexity index is 1230. The summed E-state index contributed by atoms with van der Waals surface area (Å²) in [6, 6.07) is 20.9. The van der Waals surface area contributed by atoms with Crippen molar-refractivity contribution in [1.82, 2.24) is 9.97 Å². The van der Waals surface area contributed by atoms with Gasteiger partial charge in [0.2, 0.25) is 0 Å². The van der Waals surface area contributed by atoms with Crippen LogP contribution in [0.2, 0.25) is 0 Å². The van der Waals surface area contributed by atoms with Crippen LogP contribution in [0.4, 0.5) is 0 Å². The molecule has 0 aliphatic carbocycles. The fraction of sp³-hybridized carbons (Fsp3) is 0.214. The molecule has 0 saturated carbocycles. The highest BCUT2D eigenvalue weighted by Gasteiger charge is 2.21. The standard InChI is InChI=1S/C28H28N2O/c1-19(2)24-16-22-10-7-13-30-27(22)25(17-24)21-9-5-8-20(14-21)15-26(28(3,4)31)23-11-6-12-29-18-23/h5-19,31H,1-4H3/b26-15-. The molecule has 4 aromatic rings. The molecule has 2 aromatic carbocycles. The maximum atomic E-state index is 10.8. The van der Waals surface area contributed by atoms with Crippen LogP contribution >= 0.6 is 0 Å². The molecule has 0 fully saturated rings. The van der Waals surface area contributed by atoms with Crippen LogP contribution in [-0.4, -0.2) is 20.7 Å². The molecular formula is C28H28N2O. The lowest BCUT2D eigenvalue weighted by Crippen LogP contribution is -2.20. The summed E-state index contributed by atoms with van der Waals surface area (Å²) in [6.45, 7) is 8.03. The topological polar surface area (TPSA) is 46.0 Å². The van der Waals surface area contributed by atoms with Gasteiger partial charge in [-0.25, -0.2) is 0 Å². The van der Waals surface area contributed by atoms with E-state index in [9.17, 15) is 5.11 Å². The van der Waals surface area contributed by atoms with Gasteiger partial charge in [0.25, 0.3) is 0 Å². The Labute approximate surface area is 184 Å². The maximum absolute atomic E-state index is 10.8. The molecule has 156 valence electrons. The minimum Gasteiger partial charge on any atom is -0.386 e. The van der Waals surface area contributed by atoms with Crippen LogP contribution in [0.15, 0.2) is 79.3 Å². The van der Waals surface area contributed by atoms with Crippen molar-refractivity contribution >= 4 is 22.6 Å². The Morgan fingerprint density at radius 1 is 0.968 bits per heavy atom. The zero-order valence-electron chi connectivity index (χ0n) is 18.5. The van der Waals surface area contributed by atoms with E-state index >= 15 is 0 Å². The van der Waals surface area contributed by atoms with E-state index in [0.29, 0.717) is 5.92 Å². The predicted octanol–water partition coefficient (Wildman–Crippen LogP) is 6.73. The van der Waals surface area contributed by atoms with Gasteiger partial charge in [0.1, 0.15) is 0 Å². The Morgan fingerprint density at radius 2 is 1.77 bits per heavy atom. The van der Waals surface area contributed by atoms with E-state index in [2.05, 4.69) is 66.3 Å². The zero-order chi connectivity index (χ0) is 22.0. The lowest BCUT2D eigenvalue weighted by atomic mass is 9.89. The molecule has 2 heterocycles. The van der Waals surface area contributed by atoms with Gasteiger partial charge in [0.15, 0.2) is 0 Å². The van der Waals surface area contributed by atoms with Gasteiger partial charge in [0, 0.05) is 29.5 Å². The normalized spacial score (nSPS) is 12.5. The highest BCUT2D eigenvalue weighted by atomic mass is 16.3. The number of fused-ring (bicyclic) bond motifs is 1. The molecule has 3 heteroatoms. The predicted molar refractivity (Wildman–Crippen MR) is 130 cm³/mol. The second-order valence-electron chi connectivity index (χ2n) is 8.78. The Hall–Kier alpha value is -3.30. The lowest BCUT2D eigenvalue weighted by molar-refractivity contribution is 0.144. The number of hydrogen-bond acceptors (Lipinski definition) is 3. The lowest BCUT2D eigenvalue weighted by Gasteiger charge is -2.22. The average Bonchev–Trinajstić information content (AvgIpc) is 2.76. The third-order valence-electron chi connectivity index (χ3n) is 5.53. The largest absolute Gasteiger partial charge is 0.386 e. The number of benzene rings is 2. The number of hydrogen-bond donors (Lipinski definition) is 1. The molecule has 31 heavy (non-hydrogen) atoms. The fourth-order valence-electron chi connectivity index (χ4n) is 3.87. The van der Waals surface area contributed by atoms with Gasteiger partial charge < -0.3 is 5.11 Å². The van der Waals surface area contributed by atoms with Crippen molar-refractivity contribution in [2.45, 2.75) is 39.2 Å². The Kier molecular flexibility index (Phi) is 5.71. The number of aliphatic hydroxyl groups is 1. The van der Waals surface area contributed by atoms with E-state index < -0.39 is 5.60 Å². The minimum absolute atomic E-state index is 0.429. The number of nitrogens with zero attached hydrogens (tertiary/aromatic N) is 2. The molecule has 1 N–H and O–H groups in total. The first-order valence-corrected chi connectivity index (χ1v) is 10.7. The Balaban J connectivity index is 1.87. The van der Waals surface area contributed by atoms with E-state index in [0.717, 1.165) is 38.7 Å². The van der Waals surface area contributed by atoms with E-state index in [1.807, 2.05) is 30.5 Å². The summed E-state index contributed by atoms with van der Waals surface area (Å²) in [6.07, 6.45) is 7.42. The van der Waals surface area contributed by atoms with Gasteiger partial charge in [-0.05, 0) is 84.0 Å². The number of rotatable bonds is 5. The number of pyridine rings is 2. The molecule has 2 aromatic heterocycles. The second kappa shape index (κ2) is 8.44. The molecule has 0 bridgehead atoms. The SMILES string of the molecule is CC(C)c1cc(-c2cccc(/C=C(/c3cccnc3)C(C)(C)O)c2)c2ncccc2c1. The summed E-state index contributed by atoms with van der Waals surface area (Å²) in [4.78, 5) is 8.90. The second-order valence-corrected chi connectivity index (χ2v) is 8.78. The quantitative estimate of drug-likeness (QED) is 0.398. The highest BCUT2D eigenvalue weighted by molar-refractivity contribution is 5.95. The third kappa shape index (κ3) is 4.57. The zero-order valence-corrected chi connectivity index (χ0v) is 18.5. The van der Waals surface area contributed by atoms with Crippen molar-refractivity contribution in [1.29, 1.82) is 0 Å². The van der Waals surface area contributed by atoms with Gasteiger partial charge in [-0.1, -0.05) is 44.2 Å². The van der Waals surface area contributed by atoms with Gasteiger partial charge >= 0.3 is 0 Å². The van der Waals surface area contributed by atoms with Crippen LogP contribution in [0, 0.1) is 0 Å². The van der Waals surface area contributed by atoms with Gasteiger partial charge in [-0.3, -0.25) is 9.97 Å². The van der Waals surface area contributed by atoms with Gasteiger partial charge in [-0.15, -0.1) is 0 Å². The van der Waals surface area contributed by atoms with Crippen molar-refractivity contribution in [2.75, 3.05) is 0 Å². The average molecular weight is 409 g/mol. The first kappa shape index (κ1) is 21.0. The van der Waals surface area contributed by atoms with E-state index in [1.165, 1.54) is 5.56 Å². The monoisotopic (exact) mass is 408 g/mol. The molecule has 0 saturated heterocycles. The van der Waals surface area contributed by atoms with Crippen molar-refractivity contribution in [2.24, 2.45) is 0 Å². The Morgan fingerprint density at radius 3 is 2.48 bits per heavy atom. The molecule has 0 aliphatic heterocycles. The molecular weight excluding hydrogens is 380 g/mol. The molecule has 4 rings (SSSR count).